The lowest BCUT2D eigenvalue weighted by molar-refractivity contribution is -0.125. The van der Waals surface area contributed by atoms with Gasteiger partial charge in [-0.3, -0.25) is 4.79 Å². The van der Waals surface area contributed by atoms with Crippen molar-refractivity contribution in [2.75, 3.05) is 5.32 Å². The van der Waals surface area contributed by atoms with E-state index < -0.39 is 23.9 Å². The molecule has 33 heavy (non-hydrogen) atoms. The summed E-state index contributed by atoms with van der Waals surface area (Å²) in [6, 6.07) is 22.6. The standard InChI is InChI=1S/C26H18N2O5/c29-24(23-13-15-6-1-2-9-18(15)26(32)33-23)27-17-8-5-7-16(12-17)22-14-20(25(30)31)19-10-3-4-11-21(19)28-22/h1-12,14,23H,13H2,(H,27,29)(H,30,31). The zero-order chi connectivity index (χ0) is 22.9. The Bertz CT molecular complexity index is 1430. The van der Waals surface area contributed by atoms with Crippen LogP contribution >= 0.6 is 0 Å². The van der Waals surface area contributed by atoms with Crippen LogP contribution in [0.4, 0.5) is 5.69 Å². The molecule has 1 amide bonds. The van der Waals surface area contributed by atoms with E-state index in [-0.39, 0.29) is 5.56 Å². The van der Waals surface area contributed by atoms with Gasteiger partial charge in [-0.05, 0) is 35.9 Å². The Morgan fingerprint density at radius 3 is 2.61 bits per heavy atom. The summed E-state index contributed by atoms with van der Waals surface area (Å²) in [6.07, 6.45) is -0.643. The number of hydrogen-bond acceptors (Lipinski definition) is 5. The third-order valence-corrected chi connectivity index (χ3v) is 5.56. The van der Waals surface area contributed by atoms with Gasteiger partial charge in [-0.25, -0.2) is 14.6 Å². The largest absolute Gasteiger partial charge is 0.478 e. The maximum Gasteiger partial charge on any atom is 0.339 e. The molecule has 7 heteroatoms. The summed E-state index contributed by atoms with van der Waals surface area (Å²) >= 11 is 0. The molecule has 0 radical (unpaired) electrons. The van der Waals surface area contributed by atoms with Crippen molar-refractivity contribution in [3.05, 3.63) is 95.6 Å². The number of ether oxygens (including phenoxy) is 1. The number of amides is 1. The fraction of sp³-hybridized carbons (Fsp3) is 0.0769. The molecule has 5 rings (SSSR count). The van der Waals surface area contributed by atoms with Gasteiger partial charge in [0.1, 0.15) is 0 Å². The zero-order valence-electron chi connectivity index (χ0n) is 17.3. The molecule has 0 aliphatic carbocycles. The maximum absolute atomic E-state index is 12.8. The molecule has 3 aromatic carbocycles. The normalized spacial score (nSPS) is 14.9. The van der Waals surface area contributed by atoms with E-state index in [1.807, 2.05) is 12.1 Å². The van der Waals surface area contributed by atoms with Crippen molar-refractivity contribution in [2.24, 2.45) is 0 Å². The molecule has 1 aliphatic rings. The number of aromatic nitrogens is 1. The molecule has 1 aromatic heterocycles. The third kappa shape index (κ3) is 3.92. The minimum absolute atomic E-state index is 0.151. The van der Waals surface area contributed by atoms with E-state index >= 15 is 0 Å². The van der Waals surface area contributed by atoms with Crippen LogP contribution in [0.15, 0.2) is 78.9 Å². The lowest BCUT2D eigenvalue weighted by atomic mass is 9.98. The third-order valence-electron chi connectivity index (χ3n) is 5.56. The van der Waals surface area contributed by atoms with E-state index in [1.54, 1.807) is 60.7 Å². The summed E-state index contributed by atoms with van der Waals surface area (Å²) in [5.74, 6) is -2.00. The van der Waals surface area contributed by atoms with E-state index in [0.29, 0.717) is 39.8 Å². The predicted octanol–water partition coefficient (Wildman–Crippen LogP) is 4.32. The van der Waals surface area contributed by atoms with Gasteiger partial charge in [0.25, 0.3) is 5.91 Å². The number of esters is 1. The molecule has 162 valence electrons. The fourth-order valence-electron chi connectivity index (χ4n) is 3.96. The van der Waals surface area contributed by atoms with E-state index in [4.69, 9.17) is 4.74 Å². The number of nitrogens with zero attached hydrogens (tertiary/aromatic N) is 1. The number of anilines is 1. The van der Waals surface area contributed by atoms with Gasteiger partial charge in [0.05, 0.1) is 22.3 Å². The summed E-state index contributed by atoms with van der Waals surface area (Å²) in [7, 11) is 0. The van der Waals surface area contributed by atoms with E-state index in [0.717, 1.165) is 5.56 Å². The second-order valence-corrected chi connectivity index (χ2v) is 7.70. The number of fused-ring (bicyclic) bond motifs is 2. The Morgan fingerprint density at radius 1 is 0.970 bits per heavy atom. The molecular weight excluding hydrogens is 420 g/mol. The first-order valence-electron chi connectivity index (χ1n) is 10.3. The lowest BCUT2D eigenvalue weighted by Gasteiger charge is -2.23. The van der Waals surface area contributed by atoms with Gasteiger partial charge in [-0.1, -0.05) is 48.5 Å². The molecule has 4 aromatic rings. The van der Waals surface area contributed by atoms with Crippen LogP contribution < -0.4 is 5.32 Å². The zero-order valence-corrected chi connectivity index (χ0v) is 17.3. The van der Waals surface area contributed by atoms with E-state index in [9.17, 15) is 19.5 Å². The highest BCUT2D eigenvalue weighted by Gasteiger charge is 2.31. The van der Waals surface area contributed by atoms with Crippen molar-refractivity contribution >= 4 is 34.4 Å². The topological polar surface area (TPSA) is 106 Å². The van der Waals surface area contributed by atoms with Crippen molar-refractivity contribution in [1.82, 2.24) is 4.98 Å². The van der Waals surface area contributed by atoms with Gasteiger partial charge in [-0.15, -0.1) is 0 Å². The monoisotopic (exact) mass is 438 g/mol. The number of carbonyl (C=O) groups is 3. The molecule has 0 fully saturated rings. The number of hydrogen-bond donors (Lipinski definition) is 2. The number of rotatable bonds is 4. The van der Waals surface area contributed by atoms with Crippen LogP contribution in [0, 0.1) is 0 Å². The van der Waals surface area contributed by atoms with Gasteiger partial charge in [0, 0.05) is 23.1 Å². The molecule has 0 saturated heterocycles. The average molecular weight is 438 g/mol. The SMILES string of the molecule is O=C1OC(C(=O)Nc2cccc(-c3cc(C(=O)O)c4ccccc4n3)c2)Cc2ccccc21. The van der Waals surface area contributed by atoms with Crippen LogP contribution in [0.2, 0.25) is 0 Å². The Kier molecular flexibility index (Phi) is 5.06. The summed E-state index contributed by atoms with van der Waals surface area (Å²) in [4.78, 5) is 41.4. The number of carboxylic acid groups (broad SMARTS) is 1. The van der Waals surface area contributed by atoms with Crippen LogP contribution in [-0.2, 0) is 16.0 Å². The van der Waals surface area contributed by atoms with Crippen molar-refractivity contribution in [3.8, 4) is 11.3 Å². The Labute approximate surface area is 188 Å². The molecule has 7 nitrogen and oxygen atoms in total. The number of aromatic carboxylic acids is 1. The Balaban J connectivity index is 1.42. The van der Waals surface area contributed by atoms with Crippen molar-refractivity contribution in [1.29, 1.82) is 0 Å². The number of carboxylic acids is 1. The second kappa shape index (κ2) is 8.20. The Morgan fingerprint density at radius 2 is 1.76 bits per heavy atom. The fourth-order valence-corrected chi connectivity index (χ4v) is 3.96. The maximum atomic E-state index is 12.8. The molecule has 0 bridgehead atoms. The van der Waals surface area contributed by atoms with Gasteiger partial charge in [-0.2, -0.15) is 0 Å². The second-order valence-electron chi connectivity index (χ2n) is 7.70. The summed E-state index contributed by atoms with van der Waals surface area (Å²) < 4.78 is 5.32. The molecule has 1 aliphatic heterocycles. The van der Waals surface area contributed by atoms with Crippen LogP contribution in [0.5, 0.6) is 0 Å². The van der Waals surface area contributed by atoms with E-state index in [2.05, 4.69) is 10.3 Å². The molecule has 1 unspecified atom stereocenters. The number of para-hydroxylation sites is 1. The highest BCUT2D eigenvalue weighted by atomic mass is 16.5. The number of benzene rings is 3. The number of pyridine rings is 1. The highest BCUT2D eigenvalue weighted by molar-refractivity contribution is 6.04. The van der Waals surface area contributed by atoms with Gasteiger partial charge in [0.15, 0.2) is 6.10 Å². The molecule has 2 heterocycles. The minimum atomic E-state index is -1.04. The quantitative estimate of drug-likeness (QED) is 0.460. The summed E-state index contributed by atoms with van der Waals surface area (Å²) in [5, 5.41) is 13.0. The summed E-state index contributed by atoms with van der Waals surface area (Å²) in [6.45, 7) is 0. The Hall–Kier alpha value is -4.52. The van der Waals surface area contributed by atoms with Gasteiger partial charge < -0.3 is 15.2 Å². The lowest BCUT2D eigenvalue weighted by Crippen LogP contribution is -2.37. The first-order valence-corrected chi connectivity index (χ1v) is 10.3. The molecule has 0 spiro atoms. The van der Waals surface area contributed by atoms with Crippen molar-refractivity contribution in [2.45, 2.75) is 12.5 Å². The molecule has 0 saturated carbocycles. The molecule has 2 N–H and O–H groups in total. The number of cyclic esters (lactones) is 1. The van der Waals surface area contributed by atoms with E-state index in [1.165, 1.54) is 6.07 Å². The van der Waals surface area contributed by atoms with Crippen LogP contribution in [0.3, 0.4) is 0 Å². The predicted molar refractivity (Wildman–Crippen MR) is 122 cm³/mol. The van der Waals surface area contributed by atoms with Crippen molar-refractivity contribution in [3.63, 3.8) is 0 Å². The minimum Gasteiger partial charge on any atom is -0.478 e. The van der Waals surface area contributed by atoms with Crippen LogP contribution in [0.25, 0.3) is 22.2 Å². The van der Waals surface area contributed by atoms with Crippen LogP contribution in [-0.4, -0.2) is 34.0 Å². The number of carbonyl (C=O) groups excluding carboxylic acids is 2. The van der Waals surface area contributed by atoms with Crippen LogP contribution in [0.1, 0.15) is 26.3 Å². The molecular formula is C26H18N2O5. The summed E-state index contributed by atoms with van der Waals surface area (Å²) in [5.41, 5.74) is 3.56. The smallest absolute Gasteiger partial charge is 0.339 e. The number of nitrogens with one attached hydrogen (secondary N) is 1. The van der Waals surface area contributed by atoms with Gasteiger partial charge in [0.2, 0.25) is 0 Å². The first-order chi connectivity index (χ1) is 16.0. The average Bonchev–Trinajstić information content (AvgIpc) is 2.83. The molecule has 1 atom stereocenters. The first kappa shape index (κ1) is 20.4. The van der Waals surface area contributed by atoms with Gasteiger partial charge >= 0.3 is 11.9 Å². The highest BCUT2D eigenvalue weighted by Crippen LogP contribution is 2.27. The van der Waals surface area contributed by atoms with Crippen molar-refractivity contribution < 1.29 is 24.2 Å².